The molecular weight excluding hydrogens is 180 g/mol. The van der Waals surface area contributed by atoms with E-state index in [9.17, 15) is 9.90 Å². The average Bonchev–Trinajstić information content (AvgIpc) is 2.52. The van der Waals surface area contributed by atoms with Gasteiger partial charge in [-0.15, -0.1) is 0 Å². The molecule has 1 rings (SSSR count). The highest BCUT2D eigenvalue weighted by atomic mass is 16.3. The molecule has 1 amide bonds. The molecule has 1 saturated heterocycles. The van der Waals surface area contributed by atoms with Crippen molar-refractivity contribution in [2.45, 2.75) is 31.8 Å². The predicted octanol–water partition coefficient (Wildman–Crippen LogP) is -0.0307. The van der Waals surface area contributed by atoms with Gasteiger partial charge in [-0.25, -0.2) is 0 Å². The Morgan fingerprint density at radius 3 is 2.86 bits per heavy atom. The summed E-state index contributed by atoms with van der Waals surface area (Å²) in [5, 5.41) is 13.1. The summed E-state index contributed by atoms with van der Waals surface area (Å²) in [5.41, 5.74) is -0.710. The number of hydrogen-bond acceptors (Lipinski definition) is 3. The number of nitrogens with one attached hydrogen (secondary N) is 1. The molecule has 82 valence electrons. The number of amides is 1. The van der Waals surface area contributed by atoms with Crippen LogP contribution in [0.15, 0.2) is 0 Å². The van der Waals surface area contributed by atoms with E-state index in [0.717, 1.165) is 19.4 Å². The van der Waals surface area contributed by atoms with Crippen LogP contribution in [-0.2, 0) is 4.79 Å². The van der Waals surface area contributed by atoms with E-state index in [1.807, 2.05) is 6.92 Å². The number of nitrogens with zero attached hydrogens (tertiary/aromatic N) is 1. The molecule has 1 aliphatic rings. The molecule has 0 aromatic carbocycles. The van der Waals surface area contributed by atoms with E-state index < -0.39 is 5.60 Å². The van der Waals surface area contributed by atoms with Crippen LogP contribution < -0.4 is 5.32 Å². The van der Waals surface area contributed by atoms with E-state index in [-0.39, 0.29) is 5.91 Å². The number of aliphatic hydroxyl groups is 1. The van der Waals surface area contributed by atoms with Crippen molar-refractivity contribution in [3.63, 3.8) is 0 Å². The van der Waals surface area contributed by atoms with Crippen LogP contribution in [0.3, 0.4) is 0 Å². The van der Waals surface area contributed by atoms with Crippen molar-refractivity contribution in [1.29, 1.82) is 0 Å². The maximum atomic E-state index is 11.5. The monoisotopic (exact) mass is 200 g/mol. The third-order valence-electron chi connectivity index (χ3n) is 2.64. The summed E-state index contributed by atoms with van der Waals surface area (Å²) < 4.78 is 0. The Morgan fingerprint density at radius 1 is 1.64 bits per heavy atom. The van der Waals surface area contributed by atoms with Crippen molar-refractivity contribution in [2.24, 2.45) is 0 Å². The molecule has 4 heteroatoms. The van der Waals surface area contributed by atoms with E-state index in [1.165, 1.54) is 0 Å². The largest absolute Gasteiger partial charge is 0.387 e. The van der Waals surface area contributed by atoms with Crippen molar-refractivity contribution in [3.05, 3.63) is 0 Å². The number of hydrogen-bond donors (Lipinski definition) is 2. The fourth-order valence-corrected chi connectivity index (χ4v) is 1.80. The second kappa shape index (κ2) is 4.75. The third-order valence-corrected chi connectivity index (χ3v) is 2.64. The summed E-state index contributed by atoms with van der Waals surface area (Å²) in [7, 11) is 1.76. The lowest BCUT2D eigenvalue weighted by Gasteiger charge is -2.28. The Labute approximate surface area is 85.3 Å². The topological polar surface area (TPSA) is 52.6 Å². The van der Waals surface area contributed by atoms with Crippen LogP contribution in [0.4, 0.5) is 0 Å². The van der Waals surface area contributed by atoms with Gasteiger partial charge in [-0.1, -0.05) is 6.92 Å². The second-order valence-corrected chi connectivity index (χ2v) is 4.15. The van der Waals surface area contributed by atoms with Gasteiger partial charge < -0.3 is 15.3 Å². The summed E-state index contributed by atoms with van der Waals surface area (Å²) in [6.07, 6.45) is 2.16. The number of likely N-dealkylation sites (N-methyl/N-ethyl adjacent to an activating group) is 1. The molecule has 1 fully saturated rings. The van der Waals surface area contributed by atoms with Crippen LogP contribution in [0, 0.1) is 0 Å². The van der Waals surface area contributed by atoms with Gasteiger partial charge in [-0.3, -0.25) is 4.79 Å². The molecule has 1 atom stereocenters. The van der Waals surface area contributed by atoms with Gasteiger partial charge in [-0.05, 0) is 19.4 Å². The Balaban J connectivity index is 2.38. The smallest absolute Gasteiger partial charge is 0.222 e. The van der Waals surface area contributed by atoms with Crippen LogP contribution in [0.25, 0.3) is 0 Å². The highest BCUT2D eigenvalue weighted by Crippen LogP contribution is 2.15. The Morgan fingerprint density at radius 2 is 2.36 bits per heavy atom. The van der Waals surface area contributed by atoms with Crippen molar-refractivity contribution in [1.82, 2.24) is 10.2 Å². The Kier molecular flexibility index (Phi) is 3.89. The van der Waals surface area contributed by atoms with Gasteiger partial charge in [0.05, 0.1) is 12.1 Å². The lowest BCUT2D eigenvalue weighted by atomic mass is 10.0. The zero-order chi connectivity index (χ0) is 10.6. The van der Waals surface area contributed by atoms with Crippen molar-refractivity contribution >= 4 is 5.91 Å². The molecule has 4 nitrogen and oxygen atoms in total. The van der Waals surface area contributed by atoms with Gasteiger partial charge >= 0.3 is 0 Å². The molecular formula is C10H20N2O2. The van der Waals surface area contributed by atoms with Crippen LogP contribution in [0.2, 0.25) is 0 Å². The minimum atomic E-state index is -0.710. The lowest BCUT2D eigenvalue weighted by Crippen LogP contribution is -2.45. The standard InChI is InChI=1S/C10H20N2O2/c1-3-4-9(13)12(2)8-10(14)5-6-11-7-10/h11,14H,3-8H2,1-2H3. The van der Waals surface area contributed by atoms with Crippen molar-refractivity contribution in [2.75, 3.05) is 26.7 Å². The van der Waals surface area contributed by atoms with E-state index in [2.05, 4.69) is 5.32 Å². The molecule has 1 aliphatic heterocycles. The summed E-state index contributed by atoms with van der Waals surface area (Å²) >= 11 is 0. The van der Waals surface area contributed by atoms with E-state index in [0.29, 0.717) is 19.5 Å². The lowest BCUT2D eigenvalue weighted by molar-refractivity contribution is -0.132. The molecule has 0 radical (unpaired) electrons. The van der Waals surface area contributed by atoms with E-state index in [1.54, 1.807) is 11.9 Å². The Bertz CT molecular complexity index is 200. The second-order valence-electron chi connectivity index (χ2n) is 4.15. The van der Waals surface area contributed by atoms with Gasteiger partial charge in [0.25, 0.3) is 0 Å². The highest BCUT2D eigenvalue weighted by molar-refractivity contribution is 5.75. The average molecular weight is 200 g/mol. The quantitative estimate of drug-likeness (QED) is 0.670. The predicted molar refractivity (Wildman–Crippen MR) is 55.0 cm³/mol. The first-order valence-corrected chi connectivity index (χ1v) is 5.24. The van der Waals surface area contributed by atoms with Crippen molar-refractivity contribution in [3.8, 4) is 0 Å². The zero-order valence-electron chi connectivity index (χ0n) is 9.05. The highest BCUT2D eigenvalue weighted by Gasteiger charge is 2.33. The van der Waals surface area contributed by atoms with Gasteiger partial charge in [-0.2, -0.15) is 0 Å². The SMILES string of the molecule is CCCC(=O)N(C)CC1(O)CCNC1. The Hall–Kier alpha value is -0.610. The molecule has 0 aliphatic carbocycles. The zero-order valence-corrected chi connectivity index (χ0v) is 9.05. The minimum Gasteiger partial charge on any atom is -0.387 e. The normalized spacial score (nSPS) is 26.5. The van der Waals surface area contributed by atoms with Crippen LogP contribution in [0.5, 0.6) is 0 Å². The number of rotatable bonds is 4. The minimum absolute atomic E-state index is 0.118. The van der Waals surface area contributed by atoms with E-state index in [4.69, 9.17) is 0 Å². The first-order chi connectivity index (χ1) is 6.57. The molecule has 0 aromatic rings. The number of β-amino-alcohol motifs (C(OH)–C–C–N with tert-alkyl or cyclic N) is 1. The van der Waals surface area contributed by atoms with Gasteiger partial charge in [0.2, 0.25) is 5.91 Å². The summed E-state index contributed by atoms with van der Waals surface area (Å²) in [6.45, 7) is 3.86. The molecule has 14 heavy (non-hydrogen) atoms. The first-order valence-electron chi connectivity index (χ1n) is 5.24. The van der Waals surface area contributed by atoms with E-state index >= 15 is 0 Å². The first kappa shape index (κ1) is 11.5. The number of carbonyl (C=O) groups is 1. The van der Waals surface area contributed by atoms with Crippen LogP contribution in [-0.4, -0.2) is 48.2 Å². The van der Waals surface area contributed by atoms with Crippen molar-refractivity contribution < 1.29 is 9.90 Å². The summed E-state index contributed by atoms with van der Waals surface area (Å²) in [4.78, 5) is 13.1. The van der Waals surface area contributed by atoms with Gasteiger partial charge in [0, 0.05) is 20.0 Å². The van der Waals surface area contributed by atoms with Crippen LogP contribution >= 0.6 is 0 Å². The molecule has 0 aromatic heterocycles. The summed E-state index contributed by atoms with van der Waals surface area (Å²) in [6, 6.07) is 0. The molecule has 1 unspecified atom stereocenters. The molecule has 0 saturated carbocycles. The maximum Gasteiger partial charge on any atom is 0.222 e. The number of carbonyl (C=O) groups excluding carboxylic acids is 1. The van der Waals surface area contributed by atoms with Gasteiger partial charge in [0.1, 0.15) is 0 Å². The van der Waals surface area contributed by atoms with Crippen LogP contribution in [0.1, 0.15) is 26.2 Å². The third kappa shape index (κ3) is 2.96. The fourth-order valence-electron chi connectivity index (χ4n) is 1.80. The maximum absolute atomic E-state index is 11.5. The fraction of sp³-hybridized carbons (Fsp3) is 0.900. The molecule has 1 heterocycles. The summed E-state index contributed by atoms with van der Waals surface area (Å²) in [5.74, 6) is 0.118. The van der Waals surface area contributed by atoms with Gasteiger partial charge in [0.15, 0.2) is 0 Å². The molecule has 0 bridgehead atoms. The molecule has 0 spiro atoms. The molecule has 2 N–H and O–H groups in total.